The molecule has 0 aliphatic carbocycles. The molecule has 0 N–H and O–H groups in total. The zero-order chi connectivity index (χ0) is 34.5. The topological polar surface area (TPSA) is 31.8 Å². The maximum Gasteiger partial charge on any atom is 0.137 e. The Labute approximate surface area is 299 Å². The van der Waals surface area contributed by atoms with Crippen LogP contribution in [0.5, 0.6) is 11.5 Å². The molecule has 5 heteroatoms. The summed E-state index contributed by atoms with van der Waals surface area (Å²) >= 11 is 0. The minimum Gasteiger partial charge on any atom is -0.457 e. The highest BCUT2D eigenvalue weighted by atomic mass is 16.5. The van der Waals surface area contributed by atoms with E-state index in [-0.39, 0.29) is 5.41 Å². The fourth-order valence-corrected chi connectivity index (χ4v) is 7.53. The van der Waals surface area contributed by atoms with Gasteiger partial charge in [0, 0.05) is 40.8 Å². The zero-order valence-electron chi connectivity index (χ0n) is 29.0. The summed E-state index contributed by atoms with van der Waals surface area (Å²) in [5.74, 6) is 2.38. The SMILES string of the molecule is CC(C)(C)c1ccccc1N1CN(c2cccc(Oc3ccc4c(c3)N(c3ccccn3)c3ccccc3-c3ccccc3-4)c2)c2ccccc21. The highest BCUT2D eigenvalue weighted by Gasteiger charge is 2.31. The molecule has 0 saturated carbocycles. The first-order valence-electron chi connectivity index (χ1n) is 17.5. The van der Waals surface area contributed by atoms with E-state index in [4.69, 9.17) is 9.72 Å². The number of hydrogen-bond donors (Lipinski definition) is 0. The van der Waals surface area contributed by atoms with Crippen molar-refractivity contribution in [2.24, 2.45) is 0 Å². The molecule has 7 aromatic rings. The Morgan fingerprint density at radius 1 is 0.490 bits per heavy atom. The van der Waals surface area contributed by atoms with Gasteiger partial charge in [0.1, 0.15) is 24.0 Å². The van der Waals surface area contributed by atoms with Crippen LogP contribution in [0.25, 0.3) is 22.3 Å². The third kappa shape index (κ3) is 5.38. The van der Waals surface area contributed by atoms with Crippen LogP contribution in [0.15, 0.2) is 164 Å². The highest BCUT2D eigenvalue weighted by Crippen LogP contribution is 2.52. The molecule has 0 radical (unpaired) electrons. The van der Waals surface area contributed by atoms with Crippen LogP contribution in [-0.2, 0) is 5.41 Å². The Balaban J connectivity index is 1.10. The van der Waals surface area contributed by atoms with Crippen molar-refractivity contribution in [3.63, 3.8) is 0 Å². The van der Waals surface area contributed by atoms with Crippen LogP contribution in [0.4, 0.5) is 39.9 Å². The Bertz CT molecular complexity index is 2400. The molecule has 0 saturated heterocycles. The molecule has 0 unspecified atom stereocenters. The molecule has 248 valence electrons. The number of aromatic nitrogens is 1. The first kappa shape index (κ1) is 30.7. The second-order valence-electron chi connectivity index (χ2n) is 14.1. The van der Waals surface area contributed by atoms with Gasteiger partial charge in [-0.15, -0.1) is 0 Å². The normalized spacial score (nSPS) is 13.2. The molecule has 0 fully saturated rings. The van der Waals surface area contributed by atoms with Crippen LogP contribution < -0.4 is 19.4 Å². The summed E-state index contributed by atoms with van der Waals surface area (Å²) in [7, 11) is 0. The van der Waals surface area contributed by atoms with Crippen molar-refractivity contribution in [2.45, 2.75) is 26.2 Å². The van der Waals surface area contributed by atoms with Crippen molar-refractivity contribution >= 4 is 39.9 Å². The molecular weight excluding hydrogens is 625 g/mol. The van der Waals surface area contributed by atoms with Gasteiger partial charge in [-0.1, -0.05) is 106 Å². The van der Waals surface area contributed by atoms with Gasteiger partial charge in [0.25, 0.3) is 0 Å². The van der Waals surface area contributed by atoms with Crippen molar-refractivity contribution in [3.05, 3.63) is 169 Å². The summed E-state index contributed by atoms with van der Waals surface area (Å²) in [6.45, 7) is 7.54. The van der Waals surface area contributed by atoms with Crippen LogP contribution in [0.3, 0.4) is 0 Å². The fraction of sp³-hybridized carbons (Fsp3) is 0.109. The number of para-hydroxylation sites is 4. The summed E-state index contributed by atoms with van der Waals surface area (Å²) in [5, 5.41) is 0. The minimum absolute atomic E-state index is 0.0108. The number of benzene rings is 6. The van der Waals surface area contributed by atoms with Gasteiger partial charge in [0.15, 0.2) is 0 Å². The molecule has 3 heterocycles. The molecular formula is C46H38N4O. The molecule has 0 spiro atoms. The molecule has 51 heavy (non-hydrogen) atoms. The predicted molar refractivity (Wildman–Crippen MR) is 211 cm³/mol. The first-order chi connectivity index (χ1) is 24.9. The van der Waals surface area contributed by atoms with E-state index in [2.05, 4.69) is 175 Å². The van der Waals surface area contributed by atoms with E-state index in [9.17, 15) is 0 Å². The number of rotatable bonds is 5. The molecule has 9 rings (SSSR count). The number of ether oxygens (including phenoxy) is 1. The lowest BCUT2D eigenvalue weighted by Crippen LogP contribution is -2.26. The van der Waals surface area contributed by atoms with Crippen LogP contribution in [0, 0.1) is 0 Å². The second-order valence-corrected chi connectivity index (χ2v) is 14.1. The number of anilines is 7. The van der Waals surface area contributed by atoms with E-state index in [1.807, 2.05) is 24.4 Å². The average Bonchev–Trinajstić information content (AvgIpc) is 3.50. The van der Waals surface area contributed by atoms with Gasteiger partial charge in [-0.3, -0.25) is 4.90 Å². The molecule has 2 aliphatic heterocycles. The summed E-state index contributed by atoms with van der Waals surface area (Å²) in [5.41, 5.74) is 12.8. The van der Waals surface area contributed by atoms with Crippen molar-refractivity contribution in [1.29, 1.82) is 0 Å². The fourth-order valence-electron chi connectivity index (χ4n) is 7.53. The van der Waals surface area contributed by atoms with Crippen molar-refractivity contribution < 1.29 is 4.74 Å². The number of hydrogen-bond acceptors (Lipinski definition) is 5. The largest absolute Gasteiger partial charge is 0.457 e. The Morgan fingerprint density at radius 3 is 1.82 bits per heavy atom. The maximum atomic E-state index is 6.72. The first-order valence-corrected chi connectivity index (χ1v) is 17.5. The van der Waals surface area contributed by atoms with Gasteiger partial charge in [0.05, 0.1) is 22.7 Å². The van der Waals surface area contributed by atoms with Gasteiger partial charge >= 0.3 is 0 Å². The molecule has 0 bridgehead atoms. The molecule has 0 atom stereocenters. The van der Waals surface area contributed by atoms with Crippen LogP contribution >= 0.6 is 0 Å². The Morgan fingerprint density at radius 2 is 1.10 bits per heavy atom. The van der Waals surface area contributed by atoms with Gasteiger partial charge in [0.2, 0.25) is 0 Å². The Kier molecular flexibility index (Phi) is 7.36. The van der Waals surface area contributed by atoms with E-state index in [1.165, 1.54) is 33.8 Å². The number of nitrogens with zero attached hydrogens (tertiary/aromatic N) is 4. The van der Waals surface area contributed by atoms with Crippen molar-refractivity contribution in [2.75, 3.05) is 21.4 Å². The minimum atomic E-state index is 0.0108. The predicted octanol–water partition coefficient (Wildman–Crippen LogP) is 12.5. The van der Waals surface area contributed by atoms with E-state index in [0.29, 0.717) is 6.67 Å². The monoisotopic (exact) mass is 662 g/mol. The zero-order valence-corrected chi connectivity index (χ0v) is 29.0. The van der Waals surface area contributed by atoms with Crippen LogP contribution in [0.1, 0.15) is 26.3 Å². The lowest BCUT2D eigenvalue weighted by Gasteiger charge is -2.29. The van der Waals surface area contributed by atoms with Crippen LogP contribution in [-0.4, -0.2) is 11.7 Å². The van der Waals surface area contributed by atoms with Gasteiger partial charge in [-0.2, -0.15) is 0 Å². The van der Waals surface area contributed by atoms with Gasteiger partial charge in [-0.25, -0.2) is 4.98 Å². The van der Waals surface area contributed by atoms with Crippen LogP contribution in [0.2, 0.25) is 0 Å². The number of pyridine rings is 1. The number of fused-ring (bicyclic) bond motifs is 6. The quantitative estimate of drug-likeness (QED) is 0.183. The summed E-state index contributed by atoms with van der Waals surface area (Å²) in [6.07, 6.45) is 1.85. The maximum absolute atomic E-state index is 6.72. The van der Waals surface area contributed by atoms with Crippen molar-refractivity contribution in [3.8, 4) is 33.8 Å². The van der Waals surface area contributed by atoms with Crippen molar-refractivity contribution in [1.82, 2.24) is 4.98 Å². The van der Waals surface area contributed by atoms with E-state index < -0.39 is 0 Å². The smallest absolute Gasteiger partial charge is 0.137 e. The van der Waals surface area contributed by atoms with E-state index in [1.54, 1.807) is 0 Å². The van der Waals surface area contributed by atoms with Gasteiger partial charge < -0.3 is 14.5 Å². The molecule has 1 aromatic heterocycles. The third-order valence-electron chi connectivity index (χ3n) is 9.85. The standard InChI is InChI=1S/C46H38N4O/c1-46(2,3)39-20-7-9-22-41(39)49-31-48(42-23-10-11-24-43(42)49)32-15-14-16-33(29-32)51-34-26-27-38-36-18-5-4-17-35(36)37-19-6-8-21-40(37)50(44(38)30-34)45-25-12-13-28-47-45/h4-30H,31H2,1-3H3. The molecule has 6 aromatic carbocycles. The molecule has 2 aliphatic rings. The lowest BCUT2D eigenvalue weighted by atomic mass is 9.85. The highest BCUT2D eigenvalue weighted by molar-refractivity contribution is 6.02. The molecule has 5 nitrogen and oxygen atoms in total. The van der Waals surface area contributed by atoms with Gasteiger partial charge in [-0.05, 0) is 82.8 Å². The Hall–Kier alpha value is -6.33. The van der Waals surface area contributed by atoms with E-state index >= 15 is 0 Å². The average molecular weight is 663 g/mol. The lowest BCUT2D eigenvalue weighted by molar-refractivity contribution is 0.483. The summed E-state index contributed by atoms with van der Waals surface area (Å²) in [4.78, 5) is 11.9. The van der Waals surface area contributed by atoms with E-state index in [0.717, 1.165) is 45.5 Å². The second kappa shape index (κ2) is 12.2. The third-order valence-corrected chi connectivity index (χ3v) is 9.85. The summed E-state index contributed by atoms with van der Waals surface area (Å²) in [6, 6.07) is 55.5. The molecule has 0 amide bonds. The summed E-state index contributed by atoms with van der Waals surface area (Å²) < 4.78 is 6.72.